The monoisotopic (exact) mass is 1540 g/mol. The largest absolute Gasteiger partial charge is 0.480 e. The normalized spacial score (nSPS) is 15.3. The average Bonchev–Trinajstić information content (AvgIpc) is 0.940. The number of carboxylic acids is 1. The average molecular weight is 1540 g/mol. The van der Waals surface area contributed by atoms with Crippen LogP contribution in [-0.2, 0) is 51.3 Å². The number of nitrogen functional groups attached to an aromatic ring is 1. The molecule has 542 valence electrons. The third kappa shape index (κ3) is 19.4. The minimum Gasteiger partial charge on any atom is -0.480 e. The van der Waals surface area contributed by atoms with Gasteiger partial charge in [-0.15, -0.1) is 0 Å². The second-order valence-corrected chi connectivity index (χ2v) is 27.2. The predicted molar refractivity (Wildman–Crippen MR) is 397 cm³/mol. The van der Waals surface area contributed by atoms with E-state index < -0.39 is 37.0 Å². The van der Waals surface area contributed by atoms with Crippen LogP contribution in [0.3, 0.4) is 0 Å². The van der Waals surface area contributed by atoms with Crippen molar-refractivity contribution in [1.29, 1.82) is 0 Å². The lowest BCUT2D eigenvalue weighted by atomic mass is 10.0. The molecule has 6 heterocycles. The van der Waals surface area contributed by atoms with E-state index in [9.17, 15) is 42.7 Å². The molecule has 8 aromatic rings. The molecule has 2 aromatic heterocycles. The second kappa shape index (κ2) is 36.3. The Morgan fingerprint density at radius 1 is 0.621 bits per heavy atom. The van der Waals surface area contributed by atoms with Crippen LogP contribution in [0.15, 0.2) is 139 Å². The van der Waals surface area contributed by atoms with E-state index >= 15 is 0 Å². The third-order valence-electron chi connectivity index (χ3n) is 18.2. The maximum atomic E-state index is 13.1. The Balaban J connectivity index is 0.000000197. The number of aromatic nitrogens is 2. The van der Waals surface area contributed by atoms with Crippen molar-refractivity contribution in [3.63, 3.8) is 0 Å². The number of alkyl halides is 1. The Morgan fingerprint density at radius 3 is 1.49 bits per heavy atom. The first-order valence-electron chi connectivity index (χ1n) is 34.6. The number of nitrogens with one attached hydrogen (secondary N) is 3. The van der Waals surface area contributed by atoms with Crippen molar-refractivity contribution >= 4 is 113 Å². The first kappa shape index (κ1) is 75.8. The van der Waals surface area contributed by atoms with E-state index in [1.54, 1.807) is 36.4 Å². The first-order chi connectivity index (χ1) is 50.0. The summed E-state index contributed by atoms with van der Waals surface area (Å²) in [6.07, 6.45) is 6.43. The van der Waals surface area contributed by atoms with Crippen molar-refractivity contribution in [1.82, 2.24) is 30.7 Å². The van der Waals surface area contributed by atoms with Crippen molar-refractivity contribution < 1.29 is 67.7 Å². The molecule has 0 spiro atoms. The number of aliphatic carboxylic acids is 1. The highest BCUT2D eigenvalue weighted by Crippen LogP contribution is 2.39. The van der Waals surface area contributed by atoms with Gasteiger partial charge >= 0.3 is 5.97 Å². The van der Waals surface area contributed by atoms with E-state index in [2.05, 4.69) is 155 Å². The number of anilines is 6. The number of ether oxygens (including phenoxy) is 2. The number of amides is 7. The number of benzene rings is 6. The van der Waals surface area contributed by atoms with Crippen LogP contribution in [-0.4, -0.2) is 131 Å². The number of rotatable bonds is 25. The molecule has 23 nitrogen and oxygen atoms in total. The Bertz CT molecular complexity index is 4380. The summed E-state index contributed by atoms with van der Waals surface area (Å²) in [5, 5.41) is 24.4. The SMILES string of the molecule is Cc1ccc(-c2c(C)noc2C)cc1N(CCCCCOCC(=O)Nc1cccc2c1CN(C1CCC(=O)NC1=O)C2=O)c1ccc(Br)cc1.Cc1ccc(-c2c(C)noc2C)cc1N(CCCCCOCC(=O)O)c1ccc(Br)cc1.Nc1cccc2c1CN(C1CCC(=O)NC1=O)C2=O.[2H]CF. The van der Waals surface area contributed by atoms with Crippen molar-refractivity contribution in [3.05, 3.63) is 187 Å². The number of hydrogen-bond donors (Lipinski definition) is 5. The zero-order chi connectivity index (χ0) is 74.7. The predicted octanol–water partition coefficient (Wildman–Crippen LogP) is 13.8. The molecule has 103 heavy (non-hydrogen) atoms. The van der Waals surface area contributed by atoms with Crippen LogP contribution in [0.25, 0.3) is 22.3 Å². The summed E-state index contributed by atoms with van der Waals surface area (Å²) < 4.78 is 39.3. The number of carbonyl (C=O) groups is 8. The fraction of sp³-hybridized carbons (Fsp3) is 0.351. The zero-order valence-corrected chi connectivity index (χ0v) is 61.5. The molecule has 0 radical (unpaired) electrons. The minimum absolute atomic E-state index is 0.118. The smallest absolute Gasteiger partial charge is 0.329 e. The number of halogens is 3. The molecule has 4 aliphatic heterocycles. The lowest BCUT2D eigenvalue weighted by molar-refractivity contribution is -0.142. The van der Waals surface area contributed by atoms with Crippen molar-refractivity contribution in [2.45, 2.75) is 131 Å². The molecule has 2 unspecified atom stereocenters. The number of aryl methyl sites for hydroxylation is 6. The Labute approximate surface area is 615 Å². The summed E-state index contributed by atoms with van der Waals surface area (Å²) in [4.78, 5) is 103. The summed E-state index contributed by atoms with van der Waals surface area (Å²) in [5.74, 6) is -1.63. The number of carbonyl (C=O) groups excluding carboxylic acids is 7. The van der Waals surface area contributed by atoms with Gasteiger partial charge < -0.3 is 54.3 Å². The van der Waals surface area contributed by atoms with Gasteiger partial charge in [-0.25, -0.2) is 4.79 Å². The maximum absolute atomic E-state index is 13.1. The van der Waals surface area contributed by atoms with Gasteiger partial charge in [-0.1, -0.05) is 78.6 Å². The van der Waals surface area contributed by atoms with Gasteiger partial charge in [0.05, 0.1) is 19.9 Å². The van der Waals surface area contributed by atoms with Crippen molar-refractivity contribution in [2.24, 2.45) is 0 Å². The number of piperidine rings is 2. The van der Waals surface area contributed by atoms with Crippen molar-refractivity contribution in [2.75, 3.05) is 67.5 Å². The van der Waals surface area contributed by atoms with Gasteiger partial charge in [0.15, 0.2) is 0 Å². The van der Waals surface area contributed by atoms with Crippen LogP contribution in [0.1, 0.15) is 131 Å². The highest BCUT2D eigenvalue weighted by atomic mass is 79.9. The standard InChI is InChI=1S/C38H40BrN5O6.C25H29BrN2O4.C13H13N3O3.CH3F/c1-23-10-11-26(36-24(2)42-50-25(36)3)20-33(23)43(28-14-12-27(39)13-15-28)18-5-4-6-19-49-22-35(46)40-31-9-7-8-29-30(31)21-44(38(29)48)32-16-17-34(45)41-37(32)47;1-17-7-8-20(25-18(2)27-32-19(25)3)15-23(17)28(22-11-9-21(26)10-12-22)13-5-4-6-14-31-16-24(29)30;14-9-3-1-2-7-8(9)6-16(13(7)19)10-4-5-11(17)15-12(10)18;1-2/h7-15,20,32H,4-6,16-19,21-22H2,1-3H3,(H,40,46)(H,41,45,47);7-12,15H,4-6,13-14,16H2,1-3H3,(H,29,30);1-3,10H,4-6,14H2,(H,15,17,18);1H3/i;;;1D. The Kier molecular flexibility index (Phi) is 26.7. The molecule has 7 amide bonds. The Hall–Kier alpha value is -9.89. The number of fused-ring (bicyclic) bond motifs is 2. The van der Waals surface area contributed by atoms with Crippen molar-refractivity contribution in [3.8, 4) is 22.3 Å². The van der Waals surface area contributed by atoms with Gasteiger partial charge in [0.2, 0.25) is 29.5 Å². The molecule has 2 atom stereocenters. The quantitative estimate of drug-likeness (QED) is 0.0202. The molecular formula is C77H85Br2FN10O13. The number of nitrogens with zero attached hydrogens (tertiary/aromatic N) is 6. The fourth-order valence-corrected chi connectivity index (χ4v) is 13.6. The van der Waals surface area contributed by atoms with E-state index in [1.807, 2.05) is 39.8 Å². The van der Waals surface area contributed by atoms with E-state index in [-0.39, 0.29) is 68.6 Å². The van der Waals surface area contributed by atoms with Gasteiger partial charge in [-0.3, -0.25) is 48.6 Å². The van der Waals surface area contributed by atoms with Crippen LogP contribution in [0, 0.1) is 41.5 Å². The maximum Gasteiger partial charge on any atom is 0.329 e. The zero-order valence-electron chi connectivity index (χ0n) is 59.4. The van der Waals surface area contributed by atoms with Gasteiger partial charge in [0, 0.05) is 129 Å². The topological polar surface area (TPSA) is 302 Å². The molecule has 0 bridgehead atoms. The highest BCUT2D eigenvalue weighted by Gasteiger charge is 2.41. The lowest BCUT2D eigenvalue weighted by Gasteiger charge is -2.29. The summed E-state index contributed by atoms with van der Waals surface area (Å²) in [6, 6.07) is 38.5. The summed E-state index contributed by atoms with van der Waals surface area (Å²) >= 11 is 7.08. The molecule has 26 heteroatoms. The number of imide groups is 2. The molecule has 0 saturated carbocycles. The third-order valence-corrected chi connectivity index (χ3v) is 19.3. The molecule has 2 saturated heterocycles. The van der Waals surface area contributed by atoms with Crippen LogP contribution in [0.5, 0.6) is 0 Å². The summed E-state index contributed by atoms with van der Waals surface area (Å²) in [7, 11) is -1.00. The fourth-order valence-electron chi connectivity index (χ4n) is 13.0. The number of unbranched alkanes of at least 4 members (excludes halogenated alkanes) is 4. The number of nitrogens with two attached hydrogens (primary N) is 1. The molecule has 0 aliphatic carbocycles. The number of carboxylic acid groups (broad SMARTS) is 1. The molecule has 12 rings (SSSR count). The van der Waals surface area contributed by atoms with E-state index in [4.69, 9.17) is 30.7 Å². The molecule has 6 N–H and O–H groups in total. The second-order valence-electron chi connectivity index (χ2n) is 25.3. The van der Waals surface area contributed by atoms with Gasteiger partial charge in [0.25, 0.3) is 11.8 Å². The van der Waals surface area contributed by atoms with Crippen LogP contribution in [0.2, 0.25) is 0 Å². The van der Waals surface area contributed by atoms with E-state index in [1.165, 1.54) is 15.4 Å². The van der Waals surface area contributed by atoms with Gasteiger partial charge in [-0.2, -0.15) is 0 Å². The van der Waals surface area contributed by atoms with Crippen LogP contribution in [0.4, 0.5) is 38.5 Å². The molecule has 2 fully saturated rings. The lowest BCUT2D eigenvalue weighted by Crippen LogP contribution is -2.52. The number of hydrogen-bond acceptors (Lipinski definition) is 17. The molecule has 6 aromatic carbocycles. The minimum atomic E-state index is -1.00. The molecule has 4 aliphatic rings. The summed E-state index contributed by atoms with van der Waals surface area (Å²) in [6.45, 7) is 14.7. The van der Waals surface area contributed by atoms with Gasteiger partial charge in [0.1, 0.15) is 36.8 Å². The highest BCUT2D eigenvalue weighted by molar-refractivity contribution is 9.10. The first-order valence-corrected chi connectivity index (χ1v) is 35.5. The van der Waals surface area contributed by atoms with E-state index in [0.717, 1.165) is 140 Å². The van der Waals surface area contributed by atoms with E-state index in [0.29, 0.717) is 54.2 Å². The van der Waals surface area contributed by atoms with Crippen LogP contribution < -0.4 is 31.5 Å². The Morgan fingerprint density at radius 2 is 1.06 bits per heavy atom. The summed E-state index contributed by atoms with van der Waals surface area (Å²) in [5.41, 5.74) is 22.1. The molecular weight excluding hydrogens is 1450 g/mol. The van der Waals surface area contributed by atoms with Gasteiger partial charge in [-0.05, 0) is 200 Å². The van der Waals surface area contributed by atoms with Crippen LogP contribution >= 0.6 is 31.9 Å².